The van der Waals surface area contributed by atoms with E-state index >= 15 is 0 Å². The van der Waals surface area contributed by atoms with Crippen molar-refractivity contribution in [1.29, 1.82) is 0 Å². The van der Waals surface area contributed by atoms with Crippen LogP contribution in [0.25, 0.3) is 0 Å². The highest BCUT2D eigenvalue weighted by molar-refractivity contribution is 7.90. The predicted octanol–water partition coefficient (Wildman–Crippen LogP) is 3.09. The van der Waals surface area contributed by atoms with Crippen molar-refractivity contribution in [2.45, 2.75) is 37.4 Å². The van der Waals surface area contributed by atoms with Gasteiger partial charge in [0.05, 0.1) is 10.9 Å². The molecule has 0 spiro atoms. The number of hydrogen-bond donors (Lipinski definition) is 3. The molecule has 1 aliphatic heterocycles. The number of amides is 2. The second-order valence-corrected chi connectivity index (χ2v) is 10.4. The zero-order chi connectivity index (χ0) is 25.9. The molecule has 2 atom stereocenters. The highest BCUT2D eigenvalue weighted by Crippen LogP contribution is 2.35. The van der Waals surface area contributed by atoms with Crippen molar-refractivity contribution in [2.75, 3.05) is 18.7 Å². The first-order valence-electron chi connectivity index (χ1n) is 11.4. The predicted molar refractivity (Wildman–Crippen MR) is 136 cm³/mol. The third kappa shape index (κ3) is 5.72. The van der Waals surface area contributed by atoms with Crippen LogP contribution in [0.5, 0.6) is 11.5 Å². The van der Waals surface area contributed by atoms with Gasteiger partial charge in [-0.15, -0.1) is 0 Å². The van der Waals surface area contributed by atoms with Gasteiger partial charge in [0.25, 0.3) is 10.0 Å². The van der Waals surface area contributed by atoms with Crippen LogP contribution in [0.4, 0.5) is 10.5 Å². The summed E-state index contributed by atoms with van der Waals surface area (Å²) >= 11 is 0. The van der Waals surface area contributed by atoms with Gasteiger partial charge in [-0.1, -0.05) is 42.5 Å². The van der Waals surface area contributed by atoms with E-state index in [-0.39, 0.29) is 18.1 Å². The SMILES string of the molecule is Cc1ccc(C)c(S(=O)(=O)NC(=O)N[C@@H](Cc2ccccc2)C(O)N(C)c2ccc3c(c2)OCO3)c1. The number of aliphatic hydroxyl groups excluding tert-OH is 1. The summed E-state index contributed by atoms with van der Waals surface area (Å²) in [4.78, 5) is 14.5. The largest absolute Gasteiger partial charge is 0.454 e. The van der Waals surface area contributed by atoms with Gasteiger partial charge in [0.2, 0.25) is 6.79 Å². The maximum Gasteiger partial charge on any atom is 0.329 e. The van der Waals surface area contributed by atoms with E-state index in [1.54, 1.807) is 56.1 Å². The zero-order valence-electron chi connectivity index (χ0n) is 20.3. The van der Waals surface area contributed by atoms with Crippen LogP contribution < -0.4 is 24.4 Å². The number of ether oxygens (including phenoxy) is 2. The summed E-state index contributed by atoms with van der Waals surface area (Å²) < 4.78 is 38.7. The number of hydrogen-bond acceptors (Lipinski definition) is 7. The number of carbonyl (C=O) groups is 1. The Kier molecular flexibility index (Phi) is 7.37. The van der Waals surface area contributed by atoms with E-state index in [0.29, 0.717) is 22.7 Å². The molecule has 0 radical (unpaired) electrons. The Morgan fingerprint density at radius 2 is 1.75 bits per heavy atom. The second-order valence-electron chi connectivity index (χ2n) is 8.71. The molecular weight excluding hydrogens is 482 g/mol. The van der Waals surface area contributed by atoms with Crippen molar-refractivity contribution in [2.24, 2.45) is 0 Å². The molecule has 0 saturated carbocycles. The number of carbonyl (C=O) groups excluding carboxylic acids is 1. The van der Waals surface area contributed by atoms with Crippen molar-refractivity contribution < 1.29 is 27.8 Å². The van der Waals surface area contributed by atoms with E-state index in [4.69, 9.17) is 9.47 Å². The molecule has 36 heavy (non-hydrogen) atoms. The topological polar surface area (TPSA) is 117 Å². The molecule has 10 heteroatoms. The molecule has 0 saturated heterocycles. The van der Waals surface area contributed by atoms with Gasteiger partial charge in [-0.05, 0) is 55.2 Å². The van der Waals surface area contributed by atoms with Crippen LogP contribution in [0.1, 0.15) is 16.7 Å². The first kappa shape index (κ1) is 25.3. The van der Waals surface area contributed by atoms with Crippen molar-refractivity contribution in [1.82, 2.24) is 10.0 Å². The van der Waals surface area contributed by atoms with Crippen LogP contribution >= 0.6 is 0 Å². The summed E-state index contributed by atoms with van der Waals surface area (Å²) in [5.41, 5.74) is 2.77. The van der Waals surface area contributed by atoms with E-state index < -0.39 is 28.3 Å². The van der Waals surface area contributed by atoms with Crippen LogP contribution in [0.15, 0.2) is 71.6 Å². The Labute approximate surface area is 210 Å². The molecule has 0 fully saturated rings. The van der Waals surface area contributed by atoms with Gasteiger partial charge < -0.3 is 24.8 Å². The number of anilines is 1. The molecule has 0 bridgehead atoms. The summed E-state index contributed by atoms with van der Waals surface area (Å²) in [6.07, 6.45) is -0.937. The molecule has 1 aliphatic rings. The molecule has 190 valence electrons. The van der Waals surface area contributed by atoms with Crippen molar-refractivity contribution >= 4 is 21.7 Å². The lowest BCUT2D eigenvalue weighted by Gasteiger charge is -2.33. The fourth-order valence-corrected chi connectivity index (χ4v) is 5.24. The minimum atomic E-state index is -4.12. The quantitative estimate of drug-likeness (QED) is 0.398. The zero-order valence-corrected chi connectivity index (χ0v) is 21.1. The summed E-state index contributed by atoms with van der Waals surface area (Å²) in [6, 6.07) is 17.7. The Morgan fingerprint density at radius 1 is 1.03 bits per heavy atom. The van der Waals surface area contributed by atoms with Crippen LogP contribution in [-0.4, -0.2) is 45.7 Å². The maximum atomic E-state index is 12.9. The Morgan fingerprint density at radius 3 is 2.50 bits per heavy atom. The first-order valence-corrected chi connectivity index (χ1v) is 12.9. The van der Waals surface area contributed by atoms with Gasteiger partial charge in [-0.2, -0.15) is 0 Å². The monoisotopic (exact) mass is 511 g/mol. The fraction of sp³-hybridized carbons (Fsp3) is 0.269. The molecule has 9 nitrogen and oxygen atoms in total. The summed E-state index contributed by atoms with van der Waals surface area (Å²) in [5, 5.41) is 13.9. The normalized spacial score (nSPS) is 14.1. The number of benzene rings is 3. The van der Waals surface area contributed by atoms with Gasteiger partial charge >= 0.3 is 6.03 Å². The van der Waals surface area contributed by atoms with Crippen molar-refractivity contribution in [3.63, 3.8) is 0 Å². The third-order valence-electron chi connectivity index (χ3n) is 6.00. The van der Waals surface area contributed by atoms with Gasteiger partial charge in [0.1, 0.15) is 6.23 Å². The molecule has 4 rings (SSSR count). The number of aliphatic hydroxyl groups is 1. The average Bonchev–Trinajstić information content (AvgIpc) is 3.32. The number of likely N-dealkylation sites (N-methyl/N-ethyl adjacent to an activating group) is 1. The molecule has 0 aliphatic carbocycles. The summed E-state index contributed by atoms with van der Waals surface area (Å²) in [5.74, 6) is 1.16. The van der Waals surface area contributed by atoms with Crippen LogP contribution in [0, 0.1) is 13.8 Å². The van der Waals surface area contributed by atoms with Gasteiger partial charge in [0, 0.05) is 18.8 Å². The standard InChI is InChI=1S/C26H29N3O6S/c1-17-9-10-18(2)24(13-17)36(32,33)28-26(31)27-21(14-19-7-5-4-6-8-19)25(30)29(3)20-11-12-22-23(15-20)35-16-34-22/h4-13,15,21,25,30H,14,16H2,1-3H3,(H2,27,28,31)/t21-,25?/m0/s1. The Hall–Kier alpha value is -3.76. The Bertz CT molecular complexity index is 1350. The number of sulfonamides is 1. The number of nitrogens with zero attached hydrogens (tertiary/aromatic N) is 1. The van der Waals surface area contributed by atoms with Crippen molar-refractivity contribution in [3.05, 3.63) is 83.4 Å². The van der Waals surface area contributed by atoms with E-state index in [1.165, 1.54) is 6.07 Å². The Balaban J connectivity index is 1.55. The number of fused-ring (bicyclic) bond motifs is 1. The number of urea groups is 1. The summed E-state index contributed by atoms with van der Waals surface area (Å²) in [7, 11) is -2.45. The van der Waals surface area contributed by atoms with Gasteiger partial charge in [-0.25, -0.2) is 17.9 Å². The minimum absolute atomic E-state index is 0.0234. The molecule has 3 aromatic rings. The van der Waals surface area contributed by atoms with Crippen LogP contribution in [0.2, 0.25) is 0 Å². The highest BCUT2D eigenvalue weighted by atomic mass is 32.2. The molecular formula is C26H29N3O6S. The maximum absolute atomic E-state index is 12.9. The number of aryl methyl sites for hydroxylation is 2. The lowest BCUT2D eigenvalue weighted by atomic mass is 10.0. The van der Waals surface area contributed by atoms with Crippen LogP contribution in [0.3, 0.4) is 0 Å². The first-order chi connectivity index (χ1) is 17.1. The smallest absolute Gasteiger partial charge is 0.329 e. The molecule has 3 N–H and O–H groups in total. The lowest BCUT2D eigenvalue weighted by Crippen LogP contribution is -2.55. The van der Waals surface area contributed by atoms with E-state index in [1.807, 2.05) is 30.3 Å². The minimum Gasteiger partial charge on any atom is -0.454 e. The number of rotatable bonds is 8. The molecule has 2 amide bonds. The van der Waals surface area contributed by atoms with E-state index in [9.17, 15) is 18.3 Å². The lowest BCUT2D eigenvalue weighted by molar-refractivity contribution is 0.129. The van der Waals surface area contributed by atoms with Gasteiger partial charge in [-0.3, -0.25) is 0 Å². The number of nitrogens with one attached hydrogen (secondary N) is 2. The highest BCUT2D eigenvalue weighted by Gasteiger charge is 2.29. The third-order valence-corrected chi connectivity index (χ3v) is 7.47. The molecule has 1 heterocycles. The summed E-state index contributed by atoms with van der Waals surface area (Å²) in [6.45, 7) is 3.56. The second kappa shape index (κ2) is 10.5. The molecule has 1 unspecified atom stereocenters. The average molecular weight is 512 g/mol. The van der Waals surface area contributed by atoms with Crippen molar-refractivity contribution in [3.8, 4) is 11.5 Å². The molecule has 3 aromatic carbocycles. The van der Waals surface area contributed by atoms with E-state index in [2.05, 4.69) is 10.0 Å². The fourth-order valence-electron chi connectivity index (χ4n) is 4.00. The van der Waals surface area contributed by atoms with Gasteiger partial charge in [0.15, 0.2) is 11.5 Å². The van der Waals surface area contributed by atoms with Crippen LogP contribution in [-0.2, 0) is 16.4 Å². The van der Waals surface area contributed by atoms with E-state index in [0.717, 1.165) is 11.1 Å². The molecule has 0 aromatic heterocycles.